The summed E-state index contributed by atoms with van der Waals surface area (Å²) in [6.07, 6.45) is 1.30. The van der Waals surface area contributed by atoms with Crippen molar-refractivity contribution in [3.05, 3.63) is 73.6 Å². The molecule has 30 heavy (non-hydrogen) atoms. The Labute approximate surface area is 177 Å². The van der Waals surface area contributed by atoms with Gasteiger partial charge in [0.25, 0.3) is 5.69 Å². The highest BCUT2D eigenvalue weighted by Gasteiger charge is 2.43. The standard InChI is InChI=1S/C22H20N4O3S/c1-22(2)10-14-17(15(27)11-22)18(16-4-3-9-30-16)19-20(24-25-21(19)23-14)12-5-7-13(8-6-12)26(28)29/h3-9,18H,10-11H2,1-2H3,(H2,23,24,25)/t18-/m0/s1. The average molecular weight is 420 g/mol. The van der Waals surface area contributed by atoms with Crippen molar-refractivity contribution in [2.45, 2.75) is 32.6 Å². The number of aromatic nitrogens is 2. The number of fused-ring (bicyclic) bond motifs is 1. The van der Waals surface area contributed by atoms with E-state index >= 15 is 0 Å². The smallest absolute Gasteiger partial charge is 0.269 e. The lowest BCUT2D eigenvalue weighted by Crippen LogP contribution is -2.33. The molecule has 0 saturated heterocycles. The maximum atomic E-state index is 13.3. The first-order chi connectivity index (χ1) is 14.3. The van der Waals surface area contributed by atoms with E-state index in [1.807, 2.05) is 11.4 Å². The number of aromatic amines is 1. The minimum atomic E-state index is -0.415. The number of anilines is 1. The van der Waals surface area contributed by atoms with Crippen LogP contribution in [-0.4, -0.2) is 20.9 Å². The Morgan fingerprint density at radius 3 is 2.63 bits per heavy atom. The summed E-state index contributed by atoms with van der Waals surface area (Å²) in [6, 6.07) is 10.4. The molecule has 0 spiro atoms. The number of ketones is 1. The van der Waals surface area contributed by atoms with Crippen molar-refractivity contribution < 1.29 is 9.72 Å². The molecular weight excluding hydrogens is 400 g/mol. The maximum absolute atomic E-state index is 13.3. The van der Waals surface area contributed by atoms with Gasteiger partial charge < -0.3 is 5.32 Å². The van der Waals surface area contributed by atoms with Gasteiger partial charge in [-0.3, -0.25) is 20.0 Å². The number of nitro benzene ring substituents is 1. The lowest BCUT2D eigenvalue weighted by atomic mass is 9.70. The molecule has 2 aromatic heterocycles. The Morgan fingerprint density at radius 2 is 1.97 bits per heavy atom. The number of thiophene rings is 1. The van der Waals surface area contributed by atoms with Gasteiger partial charge in [-0.25, -0.2) is 0 Å². The monoisotopic (exact) mass is 420 g/mol. The molecule has 3 aromatic rings. The molecule has 7 nitrogen and oxygen atoms in total. The SMILES string of the molecule is CC1(C)CC(=O)C2=C(C1)Nc1n[nH]c(-c3ccc([N+](=O)[O-])cc3)c1[C@H]2c1cccs1. The van der Waals surface area contributed by atoms with Crippen LogP contribution in [0.5, 0.6) is 0 Å². The highest BCUT2D eigenvalue weighted by Crippen LogP contribution is 2.51. The van der Waals surface area contributed by atoms with Gasteiger partial charge >= 0.3 is 0 Å². The van der Waals surface area contributed by atoms with E-state index in [1.165, 1.54) is 12.1 Å². The first kappa shape index (κ1) is 18.7. The molecule has 5 rings (SSSR count). The van der Waals surface area contributed by atoms with Gasteiger partial charge in [-0.05, 0) is 35.4 Å². The summed E-state index contributed by atoms with van der Waals surface area (Å²) in [7, 11) is 0. The summed E-state index contributed by atoms with van der Waals surface area (Å²) in [5.41, 5.74) is 4.18. The van der Waals surface area contributed by atoms with Crippen LogP contribution in [0, 0.1) is 15.5 Å². The number of hydrogen-bond donors (Lipinski definition) is 2. The number of nitro groups is 1. The van der Waals surface area contributed by atoms with Crippen LogP contribution in [0.15, 0.2) is 53.0 Å². The van der Waals surface area contributed by atoms with Crippen LogP contribution >= 0.6 is 11.3 Å². The second kappa shape index (κ2) is 6.63. The van der Waals surface area contributed by atoms with Gasteiger partial charge in [-0.1, -0.05) is 19.9 Å². The third-order valence-electron chi connectivity index (χ3n) is 5.77. The number of carbonyl (C=O) groups is 1. The number of non-ortho nitro benzene ring substituents is 1. The quantitative estimate of drug-likeness (QED) is 0.445. The van der Waals surface area contributed by atoms with Crippen molar-refractivity contribution in [1.29, 1.82) is 0 Å². The predicted octanol–water partition coefficient (Wildman–Crippen LogP) is 5.25. The lowest BCUT2D eigenvalue weighted by molar-refractivity contribution is -0.384. The Bertz CT molecular complexity index is 1190. The number of Topliss-reactive ketones (excluding diaryl/α,β-unsaturated/α-hetero) is 1. The fourth-order valence-electron chi connectivity index (χ4n) is 4.51. The molecule has 152 valence electrons. The van der Waals surface area contributed by atoms with Crippen molar-refractivity contribution in [1.82, 2.24) is 10.2 Å². The summed E-state index contributed by atoms with van der Waals surface area (Å²) < 4.78 is 0. The Balaban J connectivity index is 1.68. The van der Waals surface area contributed by atoms with E-state index in [9.17, 15) is 14.9 Å². The largest absolute Gasteiger partial charge is 0.342 e. The molecule has 0 radical (unpaired) electrons. The zero-order valence-corrected chi connectivity index (χ0v) is 17.4. The van der Waals surface area contributed by atoms with Crippen molar-refractivity contribution in [3.63, 3.8) is 0 Å². The van der Waals surface area contributed by atoms with Gasteiger partial charge in [-0.2, -0.15) is 5.10 Å². The molecular formula is C22H20N4O3S. The zero-order valence-electron chi connectivity index (χ0n) is 16.6. The van der Waals surface area contributed by atoms with Gasteiger partial charge in [0.05, 0.1) is 16.5 Å². The molecule has 0 saturated carbocycles. The van der Waals surface area contributed by atoms with Crippen LogP contribution in [0.2, 0.25) is 0 Å². The summed E-state index contributed by atoms with van der Waals surface area (Å²) in [6.45, 7) is 4.22. The third-order valence-corrected chi connectivity index (χ3v) is 6.70. The lowest BCUT2D eigenvalue weighted by Gasteiger charge is -2.37. The van der Waals surface area contributed by atoms with Gasteiger partial charge in [0, 0.05) is 45.8 Å². The zero-order chi connectivity index (χ0) is 21.0. The summed E-state index contributed by atoms with van der Waals surface area (Å²) in [5.74, 6) is 0.670. The summed E-state index contributed by atoms with van der Waals surface area (Å²) in [4.78, 5) is 24.9. The number of allylic oxidation sites excluding steroid dienone is 2. The third kappa shape index (κ3) is 2.95. The first-order valence-corrected chi connectivity index (χ1v) is 10.6. The second-order valence-electron chi connectivity index (χ2n) is 8.57. The van der Waals surface area contributed by atoms with Crippen LogP contribution in [0.3, 0.4) is 0 Å². The highest BCUT2D eigenvalue weighted by molar-refractivity contribution is 7.10. The molecule has 2 aliphatic rings. The van der Waals surface area contributed by atoms with E-state index < -0.39 is 4.92 Å². The van der Waals surface area contributed by atoms with E-state index in [0.29, 0.717) is 12.2 Å². The summed E-state index contributed by atoms with van der Waals surface area (Å²) in [5, 5.41) is 24.0. The average Bonchev–Trinajstić information content (AvgIpc) is 3.35. The number of rotatable bonds is 3. The molecule has 1 aromatic carbocycles. The molecule has 0 fully saturated rings. The van der Waals surface area contributed by atoms with Gasteiger partial charge in [-0.15, -0.1) is 11.3 Å². The van der Waals surface area contributed by atoms with Crippen molar-refractivity contribution in [2.75, 3.05) is 5.32 Å². The molecule has 1 aliphatic carbocycles. The van der Waals surface area contributed by atoms with Gasteiger partial charge in [0.1, 0.15) is 0 Å². The topological polar surface area (TPSA) is 101 Å². The van der Waals surface area contributed by atoms with Crippen molar-refractivity contribution in [3.8, 4) is 11.3 Å². The molecule has 0 amide bonds. The Hall–Kier alpha value is -3.26. The normalized spacial score (nSPS) is 19.8. The Kier molecular flexibility index (Phi) is 4.14. The predicted molar refractivity (Wildman–Crippen MR) is 116 cm³/mol. The van der Waals surface area contributed by atoms with Crippen LogP contribution in [0.4, 0.5) is 11.5 Å². The first-order valence-electron chi connectivity index (χ1n) is 9.74. The molecule has 8 heteroatoms. The number of carbonyl (C=O) groups excluding carboxylic acids is 1. The van der Waals surface area contributed by atoms with Crippen LogP contribution in [0.1, 0.15) is 43.0 Å². The van der Waals surface area contributed by atoms with Gasteiger partial charge in [0.2, 0.25) is 0 Å². The van der Waals surface area contributed by atoms with E-state index in [1.54, 1.807) is 23.5 Å². The maximum Gasteiger partial charge on any atom is 0.269 e. The molecule has 1 aliphatic heterocycles. The minimum absolute atomic E-state index is 0.0368. The summed E-state index contributed by atoms with van der Waals surface area (Å²) >= 11 is 1.62. The number of nitrogens with zero attached hydrogens (tertiary/aromatic N) is 2. The second-order valence-corrected chi connectivity index (χ2v) is 9.55. The van der Waals surface area contributed by atoms with E-state index in [4.69, 9.17) is 0 Å². The molecule has 0 unspecified atom stereocenters. The number of benzene rings is 1. The Morgan fingerprint density at radius 1 is 1.20 bits per heavy atom. The fourth-order valence-corrected chi connectivity index (χ4v) is 5.35. The van der Waals surface area contributed by atoms with E-state index in [2.05, 4.69) is 35.4 Å². The van der Waals surface area contributed by atoms with Crippen LogP contribution in [-0.2, 0) is 4.79 Å². The molecule has 1 atom stereocenters. The highest BCUT2D eigenvalue weighted by atomic mass is 32.1. The molecule has 0 bridgehead atoms. The number of hydrogen-bond acceptors (Lipinski definition) is 6. The number of nitrogens with one attached hydrogen (secondary N) is 2. The number of H-pyrrole nitrogens is 1. The van der Waals surface area contributed by atoms with Crippen molar-refractivity contribution >= 4 is 28.6 Å². The molecule has 3 heterocycles. The van der Waals surface area contributed by atoms with Crippen molar-refractivity contribution in [2.24, 2.45) is 5.41 Å². The van der Waals surface area contributed by atoms with Crippen LogP contribution < -0.4 is 5.32 Å². The minimum Gasteiger partial charge on any atom is -0.342 e. The fraction of sp³-hybridized carbons (Fsp3) is 0.273. The molecule has 2 N–H and O–H groups in total. The van der Waals surface area contributed by atoms with Crippen LogP contribution in [0.25, 0.3) is 11.3 Å². The van der Waals surface area contributed by atoms with E-state index in [0.717, 1.165) is 39.4 Å². The van der Waals surface area contributed by atoms with E-state index in [-0.39, 0.29) is 22.8 Å². The van der Waals surface area contributed by atoms with Gasteiger partial charge in [0.15, 0.2) is 11.6 Å².